The Bertz CT molecular complexity index is 439. The highest BCUT2D eigenvalue weighted by atomic mass is 35.5. The number of carbonyl (C=O) groups excluding carboxylic acids is 1. The second kappa shape index (κ2) is 6.89. The quantitative estimate of drug-likeness (QED) is 0.814. The van der Waals surface area contributed by atoms with Gasteiger partial charge in [0.25, 0.3) is 0 Å². The Hall–Kier alpha value is -1.10. The minimum absolute atomic E-state index is 0.0761. The van der Waals surface area contributed by atoms with Crippen molar-refractivity contribution < 1.29 is 9.53 Å². The predicted octanol–water partition coefficient (Wildman–Crippen LogP) is 2.20. The monoisotopic (exact) mass is 282 g/mol. The third-order valence-corrected chi connectivity index (χ3v) is 3.37. The second-order valence-electron chi connectivity index (χ2n) is 4.48. The number of carbonyl (C=O) groups is 1. The molecule has 104 valence electrons. The van der Waals surface area contributed by atoms with Gasteiger partial charge in [-0.25, -0.2) is 0 Å². The van der Waals surface area contributed by atoms with Gasteiger partial charge in [0.05, 0.1) is 6.54 Å². The molecule has 1 atom stereocenters. The fourth-order valence-corrected chi connectivity index (χ4v) is 2.45. The third kappa shape index (κ3) is 3.69. The van der Waals surface area contributed by atoms with E-state index in [9.17, 15) is 4.79 Å². The predicted molar refractivity (Wildman–Crippen MR) is 75.0 cm³/mol. The molecule has 0 spiro atoms. The average Bonchev–Trinajstić information content (AvgIpc) is 2.76. The number of ether oxygens (including phenoxy) is 1. The van der Waals surface area contributed by atoms with E-state index in [4.69, 9.17) is 16.3 Å². The molecule has 0 saturated carbocycles. The van der Waals surface area contributed by atoms with Crippen molar-refractivity contribution in [3.63, 3.8) is 0 Å². The standard InChI is InChI=1S/C14H19ClN2O2/c1-2-19-8-4-7-17-13(18)10-16-14(17)11-5-3-6-12(15)9-11/h3,5-6,9,14,16H,2,4,7-8,10H2,1H3. The summed E-state index contributed by atoms with van der Waals surface area (Å²) >= 11 is 6.00. The van der Waals surface area contributed by atoms with E-state index in [1.807, 2.05) is 36.1 Å². The average molecular weight is 283 g/mol. The first-order valence-electron chi connectivity index (χ1n) is 6.58. The number of nitrogens with zero attached hydrogens (tertiary/aromatic N) is 1. The van der Waals surface area contributed by atoms with Gasteiger partial charge in [-0.3, -0.25) is 10.1 Å². The molecule has 1 N–H and O–H groups in total. The number of rotatable bonds is 6. The van der Waals surface area contributed by atoms with Gasteiger partial charge in [0.1, 0.15) is 6.17 Å². The van der Waals surface area contributed by atoms with Crippen LogP contribution in [-0.2, 0) is 9.53 Å². The van der Waals surface area contributed by atoms with Crippen LogP contribution in [0, 0.1) is 0 Å². The zero-order valence-electron chi connectivity index (χ0n) is 11.1. The van der Waals surface area contributed by atoms with Crippen LogP contribution < -0.4 is 5.32 Å². The van der Waals surface area contributed by atoms with Crippen LogP contribution in [0.3, 0.4) is 0 Å². The molecule has 1 aliphatic rings. The molecule has 1 aromatic rings. The van der Waals surface area contributed by atoms with Crippen molar-refractivity contribution in [3.8, 4) is 0 Å². The smallest absolute Gasteiger partial charge is 0.238 e. The lowest BCUT2D eigenvalue weighted by molar-refractivity contribution is -0.128. The Morgan fingerprint density at radius 1 is 1.53 bits per heavy atom. The first kappa shape index (κ1) is 14.3. The fourth-order valence-electron chi connectivity index (χ4n) is 2.25. The van der Waals surface area contributed by atoms with Gasteiger partial charge in [-0.15, -0.1) is 0 Å². The van der Waals surface area contributed by atoms with Crippen molar-refractivity contribution in [1.29, 1.82) is 0 Å². The van der Waals surface area contributed by atoms with E-state index in [2.05, 4.69) is 5.32 Å². The molecular formula is C14H19ClN2O2. The summed E-state index contributed by atoms with van der Waals surface area (Å²) in [6.07, 6.45) is 0.769. The molecule has 0 bridgehead atoms. The molecule has 0 aromatic heterocycles. The largest absolute Gasteiger partial charge is 0.382 e. The summed E-state index contributed by atoms with van der Waals surface area (Å²) in [5.74, 6) is 0.126. The molecule has 0 radical (unpaired) electrons. The zero-order chi connectivity index (χ0) is 13.7. The Kier molecular flexibility index (Phi) is 5.19. The topological polar surface area (TPSA) is 41.6 Å². The molecule has 1 saturated heterocycles. The maximum absolute atomic E-state index is 11.9. The molecule has 1 aromatic carbocycles. The van der Waals surface area contributed by atoms with Crippen LogP contribution in [0.1, 0.15) is 25.1 Å². The van der Waals surface area contributed by atoms with E-state index in [1.54, 1.807) is 0 Å². The van der Waals surface area contributed by atoms with Crippen LogP contribution in [-0.4, -0.2) is 37.1 Å². The minimum Gasteiger partial charge on any atom is -0.382 e. The van der Waals surface area contributed by atoms with Crippen molar-refractivity contribution in [2.24, 2.45) is 0 Å². The maximum atomic E-state index is 11.9. The van der Waals surface area contributed by atoms with E-state index in [1.165, 1.54) is 0 Å². The summed E-state index contributed by atoms with van der Waals surface area (Å²) in [5, 5.41) is 3.91. The fraction of sp³-hybridized carbons (Fsp3) is 0.500. The lowest BCUT2D eigenvalue weighted by atomic mass is 10.1. The number of halogens is 1. The number of benzene rings is 1. The van der Waals surface area contributed by atoms with Gasteiger partial charge in [0.2, 0.25) is 5.91 Å². The van der Waals surface area contributed by atoms with E-state index < -0.39 is 0 Å². The van der Waals surface area contributed by atoms with Crippen LogP contribution in [0.2, 0.25) is 5.02 Å². The lowest BCUT2D eigenvalue weighted by Crippen LogP contribution is -2.31. The summed E-state index contributed by atoms with van der Waals surface area (Å²) in [4.78, 5) is 13.7. The third-order valence-electron chi connectivity index (χ3n) is 3.13. The van der Waals surface area contributed by atoms with Crippen molar-refractivity contribution in [3.05, 3.63) is 34.9 Å². The van der Waals surface area contributed by atoms with E-state index in [0.29, 0.717) is 31.3 Å². The summed E-state index contributed by atoms with van der Waals surface area (Å²) in [6, 6.07) is 7.62. The Balaban J connectivity index is 2.00. The molecule has 1 heterocycles. The van der Waals surface area contributed by atoms with Crippen molar-refractivity contribution >= 4 is 17.5 Å². The zero-order valence-corrected chi connectivity index (χ0v) is 11.8. The Morgan fingerprint density at radius 3 is 3.11 bits per heavy atom. The van der Waals surface area contributed by atoms with Crippen LogP contribution in [0.4, 0.5) is 0 Å². The van der Waals surface area contributed by atoms with Gasteiger partial charge < -0.3 is 9.64 Å². The Labute approximate surface area is 118 Å². The molecule has 19 heavy (non-hydrogen) atoms. The van der Waals surface area contributed by atoms with E-state index >= 15 is 0 Å². The summed E-state index contributed by atoms with van der Waals surface area (Å²) in [6.45, 7) is 4.44. The number of nitrogens with one attached hydrogen (secondary N) is 1. The first-order valence-corrected chi connectivity index (χ1v) is 6.96. The first-order chi connectivity index (χ1) is 9.22. The van der Waals surface area contributed by atoms with Gasteiger partial charge in [-0.1, -0.05) is 23.7 Å². The van der Waals surface area contributed by atoms with Crippen molar-refractivity contribution in [1.82, 2.24) is 10.2 Å². The summed E-state index contributed by atoms with van der Waals surface area (Å²) in [7, 11) is 0. The van der Waals surface area contributed by atoms with Crippen LogP contribution in [0.25, 0.3) is 0 Å². The number of hydrogen-bond acceptors (Lipinski definition) is 3. The SMILES string of the molecule is CCOCCCN1C(=O)CNC1c1cccc(Cl)c1. The summed E-state index contributed by atoms with van der Waals surface area (Å²) < 4.78 is 5.31. The van der Waals surface area contributed by atoms with Crippen LogP contribution >= 0.6 is 11.6 Å². The molecule has 5 heteroatoms. The molecule has 1 aliphatic heterocycles. The molecule has 2 rings (SSSR count). The molecular weight excluding hydrogens is 264 g/mol. The molecule has 4 nitrogen and oxygen atoms in total. The van der Waals surface area contributed by atoms with Gasteiger partial charge in [-0.05, 0) is 31.0 Å². The second-order valence-corrected chi connectivity index (χ2v) is 4.91. The minimum atomic E-state index is -0.0761. The Morgan fingerprint density at radius 2 is 2.37 bits per heavy atom. The van der Waals surface area contributed by atoms with Gasteiger partial charge in [-0.2, -0.15) is 0 Å². The molecule has 1 amide bonds. The number of amides is 1. The normalized spacial score (nSPS) is 19.2. The van der Waals surface area contributed by atoms with Gasteiger partial charge in [0, 0.05) is 24.8 Å². The number of hydrogen-bond donors (Lipinski definition) is 1. The molecule has 1 unspecified atom stereocenters. The van der Waals surface area contributed by atoms with E-state index in [0.717, 1.165) is 12.0 Å². The summed E-state index contributed by atoms with van der Waals surface area (Å²) in [5.41, 5.74) is 1.02. The van der Waals surface area contributed by atoms with Crippen LogP contribution in [0.5, 0.6) is 0 Å². The highest BCUT2D eigenvalue weighted by Crippen LogP contribution is 2.24. The highest BCUT2D eigenvalue weighted by Gasteiger charge is 2.30. The molecule has 0 aliphatic carbocycles. The molecule has 1 fully saturated rings. The van der Waals surface area contributed by atoms with E-state index in [-0.39, 0.29) is 12.1 Å². The van der Waals surface area contributed by atoms with Crippen molar-refractivity contribution in [2.75, 3.05) is 26.3 Å². The van der Waals surface area contributed by atoms with Gasteiger partial charge >= 0.3 is 0 Å². The van der Waals surface area contributed by atoms with Crippen LogP contribution in [0.15, 0.2) is 24.3 Å². The van der Waals surface area contributed by atoms with Crippen molar-refractivity contribution in [2.45, 2.75) is 19.5 Å². The lowest BCUT2D eigenvalue weighted by Gasteiger charge is -2.24. The highest BCUT2D eigenvalue weighted by molar-refractivity contribution is 6.30. The van der Waals surface area contributed by atoms with Gasteiger partial charge in [0.15, 0.2) is 0 Å². The maximum Gasteiger partial charge on any atom is 0.238 e.